The van der Waals surface area contributed by atoms with Gasteiger partial charge in [-0.3, -0.25) is 0 Å². The molecule has 20 heavy (non-hydrogen) atoms. The quantitative estimate of drug-likeness (QED) is 0.751. The zero-order valence-corrected chi connectivity index (χ0v) is 12.0. The SMILES string of the molecule is CCCC(C)(CO)NC(=O)Nc1ccc(F)cc1OC. The third-order valence-corrected chi connectivity index (χ3v) is 2.98. The highest BCUT2D eigenvalue weighted by Crippen LogP contribution is 2.25. The summed E-state index contributed by atoms with van der Waals surface area (Å²) < 4.78 is 18.1. The molecule has 3 N–H and O–H groups in total. The maximum atomic E-state index is 13.1. The minimum atomic E-state index is -0.688. The van der Waals surface area contributed by atoms with Crippen LogP contribution >= 0.6 is 0 Å². The molecule has 0 fully saturated rings. The molecule has 0 aliphatic rings. The summed E-state index contributed by atoms with van der Waals surface area (Å²) in [7, 11) is 1.40. The van der Waals surface area contributed by atoms with E-state index in [2.05, 4.69) is 10.6 Å². The fourth-order valence-electron chi connectivity index (χ4n) is 1.93. The first-order valence-corrected chi connectivity index (χ1v) is 6.47. The van der Waals surface area contributed by atoms with E-state index in [1.54, 1.807) is 6.92 Å². The van der Waals surface area contributed by atoms with Crippen LogP contribution in [-0.2, 0) is 0 Å². The van der Waals surface area contributed by atoms with Gasteiger partial charge in [0.15, 0.2) is 0 Å². The van der Waals surface area contributed by atoms with E-state index in [9.17, 15) is 14.3 Å². The lowest BCUT2D eigenvalue weighted by molar-refractivity contribution is 0.167. The van der Waals surface area contributed by atoms with E-state index >= 15 is 0 Å². The smallest absolute Gasteiger partial charge is 0.319 e. The lowest BCUT2D eigenvalue weighted by Crippen LogP contribution is -2.50. The number of halogens is 1. The molecule has 0 spiro atoms. The van der Waals surface area contributed by atoms with Gasteiger partial charge in [0, 0.05) is 6.07 Å². The minimum absolute atomic E-state index is 0.158. The number of anilines is 1. The Bertz CT molecular complexity index is 468. The number of benzene rings is 1. The van der Waals surface area contributed by atoms with Gasteiger partial charge in [-0.15, -0.1) is 0 Å². The highest BCUT2D eigenvalue weighted by molar-refractivity contribution is 5.91. The molecule has 1 rings (SSSR count). The van der Waals surface area contributed by atoms with Gasteiger partial charge in [0.2, 0.25) is 0 Å². The van der Waals surface area contributed by atoms with Crippen LogP contribution < -0.4 is 15.4 Å². The summed E-state index contributed by atoms with van der Waals surface area (Å²) in [6.07, 6.45) is 1.48. The van der Waals surface area contributed by atoms with Crippen LogP contribution in [0.15, 0.2) is 18.2 Å². The molecule has 6 heteroatoms. The maximum Gasteiger partial charge on any atom is 0.319 e. The molecule has 0 saturated carbocycles. The Balaban J connectivity index is 2.76. The number of hydrogen-bond donors (Lipinski definition) is 3. The normalized spacial score (nSPS) is 13.4. The van der Waals surface area contributed by atoms with Crippen LogP contribution in [-0.4, -0.2) is 30.4 Å². The molecule has 0 heterocycles. The average molecular weight is 284 g/mol. The van der Waals surface area contributed by atoms with Crippen LogP contribution in [0.25, 0.3) is 0 Å². The molecule has 0 saturated heterocycles. The Hall–Kier alpha value is -1.82. The van der Waals surface area contributed by atoms with Gasteiger partial charge in [0.1, 0.15) is 11.6 Å². The molecule has 0 aromatic heterocycles. The van der Waals surface area contributed by atoms with Crippen LogP contribution in [0, 0.1) is 5.82 Å². The number of nitrogens with one attached hydrogen (secondary N) is 2. The highest BCUT2D eigenvalue weighted by Gasteiger charge is 2.24. The number of aliphatic hydroxyl groups excluding tert-OH is 1. The predicted octanol–water partition coefficient (Wildman–Crippen LogP) is 2.51. The van der Waals surface area contributed by atoms with Crippen LogP contribution in [0.4, 0.5) is 14.9 Å². The monoisotopic (exact) mass is 284 g/mol. The number of hydrogen-bond acceptors (Lipinski definition) is 3. The first-order chi connectivity index (χ1) is 9.44. The molecule has 1 atom stereocenters. The van der Waals surface area contributed by atoms with E-state index in [0.29, 0.717) is 12.1 Å². The van der Waals surface area contributed by atoms with Gasteiger partial charge < -0.3 is 20.5 Å². The molecule has 0 bridgehead atoms. The second kappa shape index (κ2) is 7.09. The lowest BCUT2D eigenvalue weighted by atomic mass is 9.98. The van der Waals surface area contributed by atoms with E-state index in [-0.39, 0.29) is 12.4 Å². The van der Waals surface area contributed by atoms with Crippen molar-refractivity contribution < 1.29 is 19.0 Å². The fraction of sp³-hybridized carbons (Fsp3) is 0.500. The first kappa shape index (κ1) is 16.2. The standard InChI is InChI=1S/C14H21FN2O3/c1-4-7-14(2,9-18)17-13(19)16-11-6-5-10(15)8-12(11)20-3/h5-6,8,18H,4,7,9H2,1-3H3,(H2,16,17,19). The van der Waals surface area contributed by atoms with Crippen molar-refractivity contribution in [3.8, 4) is 5.75 Å². The summed E-state index contributed by atoms with van der Waals surface area (Å²) in [4.78, 5) is 11.9. The number of ether oxygens (including phenoxy) is 1. The molecular weight excluding hydrogens is 263 g/mol. The summed E-state index contributed by atoms with van der Waals surface area (Å²) in [5, 5.41) is 14.6. The molecule has 1 aromatic carbocycles. The number of rotatable bonds is 6. The van der Waals surface area contributed by atoms with Gasteiger partial charge in [-0.1, -0.05) is 13.3 Å². The van der Waals surface area contributed by atoms with Crippen LogP contribution in [0.1, 0.15) is 26.7 Å². The Morgan fingerprint density at radius 1 is 1.50 bits per heavy atom. The van der Waals surface area contributed by atoms with Crippen molar-refractivity contribution in [1.82, 2.24) is 5.32 Å². The summed E-state index contributed by atoms with van der Waals surface area (Å²) in [6.45, 7) is 3.57. The molecule has 0 aliphatic carbocycles. The molecule has 112 valence electrons. The van der Waals surface area contributed by atoms with E-state index in [1.807, 2.05) is 6.92 Å². The highest BCUT2D eigenvalue weighted by atomic mass is 19.1. The summed E-state index contributed by atoms with van der Waals surface area (Å²) in [6, 6.07) is 3.37. The van der Waals surface area contributed by atoms with Gasteiger partial charge in [-0.05, 0) is 25.5 Å². The van der Waals surface area contributed by atoms with Gasteiger partial charge >= 0.3 is 6.03 Å². The van der Waals surface area contributed by atoms with Crippen molar-refractivity contribution in [3.05, 3.63) is 24.0 Å². The number of carbonyl (C=O) groups excluding carboxylic acids is 1. The number of aliphatic hydroxyl groups is 1. The lowest BCUT2D eigenvalue weighted by Gasteiger charge is -2.28. The molecule has 2 amide bonds. The number of amides is 2. The van der Waals surface area contributed by atoms with Gasteiger partial charge in [0.05, 0.1) is 24.9 Å². The van der Waals surface area contributed by atoms with Gasteiger partial charge in [-0.25, -0.2) is 9.18 Å². The van der Waals surface area contributed by atoms with Crippen molar-refractivity contribution in [3.63, 3.8) is 0 Å². The molecule has 0 radical (unpaired) electrons. The number of urea groups is 1. The number of methoxy groups -OCH3 is 1. The topological polar surface area (TPSA) is 70.6 Å². The Kier molecular flexibility index (Phi) is 5.76. The first-order valence-electron chi connectivity index (χ1n) is 6.47. The molecule has 0 aliphatic heterocycles. The second-order valence-electron chi connectivity index (χ2n) is 4.89. The van der Waals surface area contributed by atoms with Crippen LogP contribution in [0.2, 0.25) is 0 Å². The van der Waals surface area contributed by atoms with Crippen molar-refractivity contribution in [2.24, 2.45) is 0 Å². The zero-order chi connectivity index (χ0) is 15.2. The molecule has 1 unspecified atom stereocenters. The summed E-state index contributed by atoms with van der Waals surface area (Å²) in [5.74, 6) is -0.208. The third kappa shape index (κ3) is 4.38. The maximum absolute atomic E-state index is 13.1. The van der Waals surface area contributed by atoms with Crippen molar-refractivity contribution in [2.45, 2.75) is 32.2 Å². The third-order valence-electron chi connectivity index (χ3n) is 2.98. The molecular formula is C14H21FN2O3. The van der Waals surface area contributed by atoms with E-state index < -0.39 is 17.4 Å². The van der Waals surface area contributed by atoms with Crippen molar-refractivity contribution in [1.29, 1.82) is 0 Å². The fourth-order valence-corrected chi connectivity index (χ4v) is 1.93. The second-order valence-corrected chi connectivity index (χ2v) is 4.89. The van der Waals surface area contributed by atoms with Gasteiger partial charge in [0.25, 0.3) is 0 Å². The van der Waals surface area contributed by atoms with Crippen LogP contribution in [0.3, 0.4) is 0 Å². The van der Waals surface area contributed by atoms with Gasteiger partial charge in [-0.2, -0.15) is 0 Å². The predicted molar refractivity (Wildman–Crippen MR) is 75.5 cm³/mol. The summed E-state index contributed by atoms with van der Waals surface area (Å²) >= 11 is 0. The Morgan fingerprint density at radius 3 is 2.75 bits per heavy atom. The van der Waals surface area contributed by atoms with Crippen molar-refractivity contribution >= 4 is 11.7 Å². The molecule has 1 aromatic rings. The zero-order valence-electron chi connectivity index (χ0n) is 12.0. The number of carbonyl (C=O) groups is 1. The average Bonchev–Trinajstić information content (AvgIpc) is 2.40. The van der Waals surface area contributed by atoms with E-state index in [1.165, 1.54) is 25.3 Å². The minimum Gasteiger partial charge on any atom is -0.494 e. The van der Waals surface area contributed by atoms with Crippen LogP contribution in [0.5, 0.6) is 5.75 Å². The largest absolute Gasteiger partial charge is 0.494 e. The Morgan fingerprint density at radius 2 is 2.20 bits per heavy atom. The van der Waals surface area contributed by atoms with Crippen molar-refractivity contribution in [2.75, 3.05) is 19.0 Å². The van der Waals surface area contributed by atoms with E-state index in [4.69, 9.17) is 4.74 Å². The Labute approximate surface area is 118 Å². The van der Waals surface area contributed by atoms with E-state index in [0.717, 1.165) is 6.42 Å². The summed E-state index contributed by atoms with van der Waals surface area (Å²) in [5.41, 5.74) is -0.324. The molecule has 5 nitrogen and oxygen atoms in total.